The van der Waals surface area contributed by atoms with Gasteiger partial charge in [0.05, 0.1) is 11.7 Å². The summed E-state index contributed by atoms with van der Waals surface area (Å²) in [5.74, 6) is 0.436. The minimum atomic E-state index is -0.542. The van der Waals surface area contributed by atoms with Crippen molar-refractivity contribution in [1.82, 2.24) is 9.97 Å². The van der Waals surface area contributed by atoms with E-state index in [9.17, 15) is 4.79 Å². The normalized spacial score (nSPS) is 20.4. The molecule has 7 nitrogen and oxygen atoms in total. The van der Waals surface area contributed by atoms with Crippen molar-refractivity contribution in [2.75, 3.05) is 23.8 Å². The van der Waals surface area contributed by atoms with Crippen LogP contribution in [0, 0.1) is 0 Å². The van der Waals surface area contributed by atoms with Gasteiger partial charge in [0.15, 0.2) is 0 Å². The highest BCUT2D eigenvalue weighted by atomic mass is 16.5. The van der Waals surface area contributed by atoms with Crippen LogP contribution >= 0.6 is 0 Å². The number of anilines is 2. The molecule has 0 bridgehead atoms. The van der Waals surface area contributed by atoms with Crippen molar-refractivity contribution in [2.45, 2.75) is 51.2 Å². The number of aromatic nitrogens is 2. The molecule has 0 saturated heterocycles. The molecule has 1 aliphatic rings. The van der Waals surface area contributed by atoms with Crippen molar-refractivity contribution in [1.29, 1.82) is 0 Å². The van der Waals surface area contributed by atoms with Crippen LogP contribution in [0.1, 0.15) is 49.4 Å². The van der Waals surface area contributed by atoms with Crippen LogP contribution in [0.5, 0.6) is 0 Å². The highest BCUT2D eigenvalue weighted by Crippen LogP contribution is 2.24. The zero-order valence-corrected chi connectivity index (χ0v) is 14.3. The van der Waals surface area contributed by atoms with Gasteiger partial charge in [0.25, 0.3) is 5.91 Å². The molecule has 4 N–H and O–H groups in total. The number of ether oxygens (including phenoxy) is 1. The van der Waals surface area contributed by atoms with Gasteiger partial charge >= 0.3 is 0 Å². The number of primary amides is 1. The van der Waals surface area contributed by atoms with E-state index in [1.165, 1.54) is 6.20 Å². The maximum Gasteiger partial charge on any atom is 0.254 e. The third kappa shape index (κ3) is 5.19. The predicted octanol–water partition coefficient (Wildman–Crippen LogP) is 2.32. The van der Waals surface area contributed by atoms with E-state index >= 15 is 0 Å². The number of rotatable bonds is 9. The lowest BCUT2D eigenvalue weighted by Crippen LogP contribution is -2.30. The molecular formula is C17H27N5O2. The number of nitrogens with one attached hydrogen (secondary N) is 2. The van der Waals surface area contributed by atoms with Crippen LogP contribution in [-0.2, 0) is 4.74 Å². The van der Waals surface area contributed by atoms with Gasteiger partial charge in [0, 0.05) is 25.4 Å². The minimum Gasteiger partial charge on any atom is -0.379 e. The Morgan fingerprint density at radius 2 is 2.21 bits per heavy atom. The average molecular weight is 333 g/mol. The fourth-order valence-electron chi connectivity index (χ4n) is 2.85. The number of nitrogens with zero attached hydrogens (tertiary/aromatic N) is 2. The highest BCUT2D eigenvalue weighted by molar-refractivity contribution is 5.97. The Kier molecular flexibility index (Phi) is 6.99. The Hall–Kier alpha value is -2.15. The second-order valence-corrected chi connectivity index (χ2v) is 5.90. The summed E-state index contributed by atoms with van der Waals surface area (Å²) in [7, 11) is 0. The molecule has 1 aromatic heterocycles. The monoisotopic (exact) mass is 333 g/mol. The summed E-state index contributed by atoms with van der Waals surface area (Å²) in [6.07, 6.45) is 8.52. The van der Waals surface area contributed by atoms with Gasteiger partial charge in [-0.15, -0.1) is 6.58 Å². The predicted molar refractivity (Wildman–Crippen MR) is 95.1 cm³/mol. The molecule has 1 aliphatic carbocycles. The molecule has 24 heavy (non-hydrogen) atoms. The number of nitrogens with two attached hydrogens (primary N) is 1. The third-order valence-electron chi connectivity index (χ3n) is 4.10. The molecule has 0 aliphatic heterocycles. The highest BCUT2D eigenvalue weighted by Gasteiger charge is 2.22. The summed E-state index contributed by atoms with van der Waals surface area (Å²) in [4.78, 5) is 20.1. The molecule has 0 unspecified atom stereocenters. The Morgan fingerprint density at radius 1 is 1.46 bits per heavy atom. The standard InChI is InChI=1S/C17H27N5O2/c1-3-5-10-19-16-14(15(18)23)11-20-17(22-16)21-12-6-8-13(9-7-12)24-4-2/h3,11-13H,1,4-10H2,2H3,(H2,18,23)(H2,19,20,21,22). The zero-order chi connectivity index (χ0) is 17.4. The molecule has 1 saturated carbocycles. The van der Waals surface area contributed by atoms with Crippen molar-refractivity contribution < 1.29 is 9.53 Å². The lowest BCUT2D eigenvalue weighted by Gasteiger charge is -2.29. The first-order valence-electron chi connectivity index (χ1n) is 8.53. The molecule has 0 radical (unpaired) electrons. The largest absolute Gasteiger partial charge is 0.379 e. The molecule has 1 amide bonds. The van der Waals surface area contributed by atoms with E-state index in [0.717, 1.165) is 38.7 Å². The number of hydrogen-bond acceptors (Lipinski definition) is 6. The summed E-state index contributed by atoms with van der Waals surface area (Å²) in [5, 5.41) is 6.46. The molecule has 0 atom stereocenters. The first-order chi connectivity index (χ1) is 11.6. The second kappa shape index (κ2) is 9.22. The summed E-state index contributed by atoms with van der Waals surface area (Å²) < 4.78 is 5.67. The summed E-state index contributed by atoms with van der Waals surface area (Å²) >= 11 is 0. The van der Waals surface area contributed by atoms with Gasteiger partial charge in [-0.3, -0.25) is 4.79 Å². The molecule has 0 aromatic carbocycles. The summed E-state index contributed by atoms with van der Waals surface area (Å²) in [6.45, 7) is 7.11. The van der Waals surface area contributed by atoms with E-state index in [-0.39, 0.29) is 0 Å². The van der Waals surface area contributed by atoms with E-state index in [1.54, 1.807) is 6.08 Å². The van der Waals surface area contributed by atoms with Crippen molar-refractivity contribution in [2.24, 2.45) is 5.73 Å². The zero-order valence-electron chi connectivity index (χ0n) is 14.3. The van der Waals surface area contributed by atoms with Gasteiger partial charge in [0.2, 0.25) is 5.95 Å². The SMILES string of the molecule is C=CCCNc1nc(NC2CCC(OCC)CC2)ncc1C(N)=O. The third-order valence-corrected chi connectivity index (χ3v) is 4.10. The van der Waals surface area contributed by atoms with Gasteiger partial charge in [-0.05, 0) is 39.0 Å². The van der Waals surface area contributed by atoms with Crippen LogP contribution in [0.3, 0.4) is 0 Å². The molecule has 1 heterocycles. The smallest absolute Gasteiger partial charge is 0.254 e. The van der Waals surface area contributed by atoms with E-state index in [1.807, 2.05) is 6.92 Å². The van der Waals surface area contributed by atoms with Crippen molar-refractivity contribution in [3.8, 4) is 0 Å². The fraction of sp³-hybridized carbons (Fsp3) is 0.588. The van der Waals surface area contributed by atoms with Gasteiger partial charge in [-0.2, -0.15) is 4.98 Å². The average Bonchev–Trinajstić information content (AvgIpc) is 2.57. The topological polar surface area (TPSA) is 102 Å². The maximum absolute atomic E-state index is 11.5. The Labute approximate surface area is 143 Å². The lowest BCUT2D eigenvalue weighted by atomic mass is 9.93. The van der Waals surface area contributed by atoms with E-state index in [2.05, 4.69) is 27.2 Å². The first kappa shape index (κ1) is 18.2. The number of hydrogen-bond donors (Lipinski definition) is 3. The van der Waals surface area contributed by atoms with E-state index in [4.69, 9.17) is 10.5 Å². The number of carbonyl (C=O) groups excluding carboxylic acids is 1. The van der Waals surface area contributed by atoms with Crippen LogP contribution in [0.15, 0.2) is 18.9 Å². The fourth-order valence-corrected chi connectivity index (χ4v) is 2.85. The summed E-state index contributed by atoms with van der Waals surface area (Å²) in [6, 6.07) is 0.321. The summed E-state index contributed by atoms with van der Waals surface area (Å²) in [5.41, 5.74) is 5.68. The quantitative estimate of drug-likeness (QED) is 0.473. The molecule has 2 rings (SSSR count). The molecule has 1 aromatic rings. The second-order valence-electron chi connectivity index (χ2n) is 5.90. The molecular weight excluding hydrogens is 306 g/mol. The van der Waals surface area contributed by atoms with Crippen molar-refractivity contribution in [3.63, 3.8) is 0 Å². The van der Waals surface area contributed by atoms with Gasteiger partial charge < -0.3 is 21.1 Å². The molecule has 7 heteroatoms. The van der Waals surface area contributed by atoms with E-state index < -0.39 is 5.91 Å². The van der Waals surface area contributed by atoms with Gasteiger partial charge in [-0.1, -0.05) is 6.08 Å². The van der Waals surface area contributed by atoms with Crippen LogP contribution in [0.4, 0.5) is 11.8 Å². The van der Waals surface area contributed by atoms with Crippen molar-refractivity contribution >= 4 is 17.7 Å². The first-order valence-corrected chi connectivity index (χ1v) is 8.53. The number of amides is 1. The van der Waals surface area contributed by atoms with Crippen LogP contribution in [-0.4, -0.2) is 41.2 Å². The molecule has 0 spiro atoms. The van der Waals surface area contributed by atoms with Crippen molar-refractivity contribution in [3.05, 3.63) is 24.4 Å². The van der Waals surface area contributed by atoms with E-state index in [0.29, 0.717) is 36.0 Å². The lowest BCUT2D eigenvalue weighted by molar-refractivity contribution is 0.0346. The minimum absolute atomic E-state index is 0.296. The molecule has 1 fully saturated rings. The van der Waals surface area contributed by atoms with Crippen LogP contribution in [0.2, 0.25) is 0 Å². The van der Waals surface area contributed by atoms with Crippen LogP contribution < -0.4 is 16.4 Å². The maximum atomic E-state index is 11.5. The van der Waals surface area contributed by atoms with Gasteiger partial charge in [-0.25, -0.2) is 4.98 Å². The Balaban J connectivity index is 1.98. The Bertz CT molecular complexity index is 556. The number of carbonyl (C=O) groups is 1. The Morgan fingerprint density at radius 3 is 2.83 bits per heavy atom. The van der Waals surface area contributed by atoms with Crippen LogP contribution in [0.25, 0.3) is 0 Å². The van der Waals surface area contributed by atoms with Gasteiger partial charge in [0.1, 0.15) is 5.82 Å². The molecule has 132 valence electrons.